The van der Waals surface area contributed by atoms with E-state index < -0.39 is 11.9 Å². The number of anilines is 1. The first-order valence-corrected chi connectivity index (χ1v) is 8.00. The van der Waals surface area contributed by atoms with Crippen molar-refractivity contribution < 1.29 is 14.3 Å². The zero-order valence-corrected chi connectivity index (χ0v) is 14.1. The Hall–Kier alpha value is -2.81. The molecule has 0 unspecified atom stereocenters. The van der Waals surface area contributed by atoms with E-state index >= 15 is 0 Å². The van der Waals surface area contributed by atoms with Gasteiger partial charge in [-0.25, -0.2) is 0 Å². The van der Waals surface area contributed by atoms with Crippen molar-refractivity contribution in [2.75, 3.05) is 18.5 Å². The lowest BCUT2D eigenvalue weighted by molar-refractivity contribution is -0.141. The topological polar surface area (TPSA) is 91.2 Å². The number of nitrogens with one attached hydrogen (secondary N) is 2. The summed E-state index contributed by atoms with van der Waals surface area (Å²) in [6, 6.07) is 9.34. The molecule has 0 aliphatic rings. The van der Waals surface area contributed by atoms with E-state index in [-0.39, 0.29) is 18.7 Å². The average molecular weight is 329 g/mol. The van der Waals surface area contributed by atoms with Crippen LogP contribution in [0.3, 0.4) is 0 Å². The van der Waals surface area contributed by atoms with Crippen LogP contribution in [0.1, 0.15) is 32.3 Å². The van der Waals surface area contributed by atoms with Crippen LogP contribution in [0.25, 0.3) is 0 Å². The van der Waals surface area contributed by atoms with Gasteiger partial charge in [-0.2, -0.15) is 5.26 Å². The van der Waals surface area contributed by atoms with Crippen molar-refractivity contribution in [2.45, 2.75) is 33.1 Å². The van der Waals surface area contributed by atoms with Crippen molar-refractivity contribution in [3.63, 3.8) is 0 Å². The van der Waals surface area contributed by atoms with Gasteiger partial charge < -0.3 is 15.4 Å². The zero-order valence-electron chi connectivity index (χ0n) is 14.1. The summed E-state index contributed by atoms with van der Waals surface area (Å²) in [6.07, 6.45) is 4.47. The molecule has 24 heavy (non-hydrogen) atoms. The maximum Gasteiger partial charge on any atom is 0.325 e. The smallest absolute Gasteiger partial charge is 0.325 e. The summed E-state index contributed by atoms with van der Waals surface area (Å²) in [5, 5.41) is 14.3. The SMILES string of the molecule is CCCCc1ccc(NC(=O)/C(C#N)=C\NCC(=O)OCC)cc1. The molecular formula is C18H23N3O3. The first-order chi connectivity index (χ1) is 11.6. The number of unbranched alkanes of at least 4 members (excludes halogenated alkanes) is 1. The highest BCUT2D eigenvalue weighted by molar-refractivity contribution is 6.06. The maximum absolute atomic E-state index is 12.0. The standard InChI is InChI=1S/C18H23N3O3/c1-3-5-6-14-7-9-16(10-8-14)21-18(23)15(11-19)12-20-13-17(22)24-4-2/h7-10,12,20H,3-6,13H2,1-2H3,(H,21,23)/b15-12-. The highest BCUT2D eigenvalue weighted by atomic mass is 16.5. The molecule has 0 bridgehead atoms. The Morgan fingerprint density at radius 1 is 1.25 bits per heavy atom. The van der Waals surface area contributed by atoms with Crippen LogP contribution in [-0.2, 0) is 20.7 Å². The van der Waals surface area contributed by atoms with Gasteiger partial charge in [0.15, 0.2) is 0 Å². The van der Waals surface area contributed by atoms with Crippen molar-refractivity contribution in [1.29, 1.82) is 5.26 Å². The average Bonchev–Trinajstić information content (AvgIpc) is 2.58. The van der Waals surface area contributed by atoms with Crippen LogP contribution in [0.4, 0.5) is 5.69 Å². The second kappa shape index (κ2) is 10.8. The van der Waals surface area contributed by atoms with Crippen LogP contribution in [0, 0.1) is 11.3 Å². The predicted molar refractivity (Wildman–Crippen MR) is 92.0 cm³/mol. The summed E-state index contributed by atoms with van der Waals surface area (Å²) in [5.41, 5.74) is 1.71. The number of nitrogens with zero attached hydrogens (tertiary/aromatic N) is 1. The van der Waals surface area contributed by atoms with Crippen LogP contribution in [-0.4, -0.2) is 25.0 Å². The summed E-state index contributed by atoms with van der Waals surface area (Å²) in [4.78, 5) is 23.2. The Bertz CT molecular complexity index is 615. The molecule has 0 spiro atoms. The van der Waals surface area contributed by atoms with E-state index in [2.05, 4.69) is 17.6 Å². The molecule has 0 fully saturated rings. The number of rotatable bonds is 9. The number of ether oxygens (including phenoxy) is 1. The van der Waals surface area contributed by atoms with Crippen LogP contribution in [0.2, 0.25) is 0 Å². The molecule has 1 rings (SSSR count). The normalized spacial score (nSPS) is 10.6. The number of benzene rings is 1. The lowest BCUT2D eigenvalue weighted by atomic mass is 10.1. The first kappa shape index (κ1) is 19.2. The minimum absolute atomic E-state index is 0.0988. The van der Waals surface area contributed by atoms with Crippen molar-refractivity contribution in [2.24, 2.45) is 0 Å². The lowest BCUT2D eigenvalue weighted by Gasteiger charge is -2.06. The number of amides is 1. The van der Waals surface area contributed by atoms with Gasteiger partial charge in [0, 0.05) is 11.9 Å². The molecule has 0 atom stereocenters. The third-order valence-electron chi connectivity index (χ3n) is 3.19. The van der Waals surface area contributed by atoms with Crippen LogP contribution < -0.4 is 10.6 Å². The first-order valence-electron chi connectivity index (χ1n) is 8.00. The van der Waals surface area contributed by atoms with Gasteiger partial charge >= 0.3 is 5.97 Å². The quantitative estimate of drug-likeness (QED) is 0.413. The summed E-state index contributed by atoms with van der Waals surface area (Å²) >= 11 is 0. The molecule has 6 heteroatoms. The zero-order chi connectivity index (χ0) is 17.8. The van der Waals surface area contributed by atoms with Crippen LogP contribution >= 0.6 is 0 Å². The molecule has 1 aromatic rings. The minimum Gasteiger partial charge on any atom is -0.465 e. The van der Waals surface area contributed by atoms with Crippen LogP contribution in [0.15, 0.2) is 36.0 Å². The number of carbonyl (C=O) groups excluding carboxylic acids is 2. The van der Waals surface area contributed by atoms with Gasteiger partial charge in [0.05, 0.1) is 6.61 Å². The second-order valence-electron chi connectivity index (χ2n) is 5.11. The van der Waals surface area contributed by atoms with E-state index in [1.807, 2.05) is 24.3 Å². The number of carbonyl (C=O) groups is 2. The fourth-order valence-corrected chi connectivity index (χ4v) is 1.93. The van der Waals surface area contributed by atoms with Crippen molar-refractivity contribution in [3.05, 3.63) is 41.6 Å². The largest absolute Gasteiger partial charge is 0.465 e. The molecule has 6 nitrogen and oxygen atoms in total. The molecule has 0 aliphatic carbocycles. The van der Waals surface area contributed by atoms with E-state index in [0.717, 1.165) is 19.3 Å². The molecule has 0 aromatic heterocycles. The van der Waals surface area contributed by atoms with Gasteiger partial charge in [-0.1, -0.05) is 25.5 Å². The Morgan fingerprint density at radius 3 is 2.54 bits per heavy atom. The molecule has 0 heterocycles. The number of nitriles is 1. The van der Waals surface area contributed by atoms with E-state index in [0.29, 0.717) is 5.69 Å². The van der Waals surface area contributed by atoms with Crippen molar-refractivity contribution >= 4 is 17.6 Å². The number of esters is 1. The maximum atomic E-state index is 12.0. The van der Waals surface area contributed by atoms with Crippen molar-refractivity contribution in [1.82, 2.24) is 5.32 Å². The highest BCUT2D eigenvalue weighted by Gasteiger charge is 2.09. The minimum atomic E-state index is -0.532. The van der Waals surface area contributed by atoms with E-state index in [4.69, 9.17) is 10.00 Å². The van der Waals surface area contributed by atoms with Gasteiger partial charge in [0.25, 0.3) is 5.91 Å². The summed E-state index contributed by atoms with van der Waals surface area (Å²) < 4.78 is 4.74. The fourth-order valence-electron chi connectivity index (χ4n) is 1.93. The third-order valence-corrected chi connectivity index (χ3v) is 3.19. The molecule has 0 saturated carbocycles. The summed E-state index contributed by atoms with van der Waals surface area (Å²) in [7, 11) is 0. The molecule has 1 amide bonds. The Morgan fingerprint density at radius 2 is 1.96 bits per heavy atom. The van der Waals surface area contributed by atoms with E-state index in [1.165, 1.54) is 11.8 Å². The predicted octanol–water partition coefficient (Wildman–Crippen LogP) is 2.53. The molecule has 0 aliphatic heterocycles. The fraction of sp³-hybridized carbons (Fsp3) is 0.389. The molecule has 2 N–H and O–H groups in total. The molecular weight excluding hydrogens is 306 g/mol. The van der Waals surface area contributed by atoms with Crippen molar-refractivity contribution in [3.8, 4) is 6.07 Å². The number of hydrogen-bond acceptors (Lipinski definition) is 5. The number of hydrogen-bond donors (Lipinski definition) is 2. The monoisotopic (exact) mass is 329 g/mol. The number of aryl methyl sites for hydroxylation is 1. The Labute approximate surface area is 142 Å². The van der Waals surface area contributed by atoms with Crippen LogP contribution in [0.5, 0.6) is 0 Å². The third kappa shape index (κ3) is 6.97. The summed E-state index contributed by atoms with van der Waals surface area (Å²) in [5.74, 6) is -0.982. The van der Waals surface area contributed by atoms with Gasteiger partial charge in [-0.15, -0.1) is 0 Å². The van der Waals surface area contributed by atoms with E-state index in [9.17, 15) is 9.59 Å². The highest BCUT2D eigenvalue weighted by Crippen LogP contribution is 2.12. The van der Waals surface area contributed by atoms with Gasteiger partial charge in [-0.3, -0.25) is 9.59 Å². The van der Waals surface area contributed by atoms with Gasteiger partial charge in [0.1, 0.15) is 18.2 Å². The summed E-state index contributed by atoms with van der Waals surface area (Å²) in [6.45, 7) is 4.03. The van der Waals surface area contributed by atoms with Gasteiger partial charge in [0.2, 0.25) is 0 Å². The molecule has 128 valence electrons. The molecule has 0 radical (unpaired) electrons. The second-order valence-corrected chi connectivity index (χ2v) is 5.11. The Balaban J connectivity index is 2.57. The van der Waals surface area contributed by atoms with Gasteiger partial charge in [-0.05, 0) is 37.5 Å². The Kier molecular flexibility index (Phi) is 8.69. The lowest BCUT2D eigenvalue weighted by Crippen LogP contribution is -2.22. The molecule has 1 aromatic carbocycles. The molecule has 0 saturated heterocycles. The van der Waals surface area contributed by atoms with E-state index in [1.54, 1.807) is 13.0 Å².